The summed E-state index contributed by atoms with van der Waals surface area (Å²) in [5.74, 6) is 0.907. The van der Waals surface area contributed by atoms with Gasteiger partial charge in [0.1, 0.15) is 0 Å². The summed E-state index contributed by atoms with van der Waals surface area (Å²) < 4.78 is 0. The van der Waals surface area contributed by atoms with Crippen LogP contribution in [0.3, 0.4) is 0 Å². The van der Waals surface area contributed by atoms with E-state index in [0.717, 1.165) is 12.0 Å². The molecule has 1 aliphatic heterocycles. The Morgan fingerprint density at radius 1 is 1.44 bits per heavy atom. The first-order valence-corrected chi connectivity index (χ1v) is 3.85. The van der Waals surface area contributed by atoms with Gasteiger partial charge in [-0.3, -0.25) is 0 Å². The Bertz CT molecular complexity index is 129. The van der Waals surface area contributed by atoms with Crippen molar-refractivity contribution in [2.45, 2.75) is 25.3 Å². The standard InChI is InChI=1S/C8H13N/c1-2-7-4-5-9-8(3-1)6-7/h1-2,7-9H,3-6H2. The van der Waals surface area contributed by atoms with Crippen LogP contribution in [0.25, 0.3) is 0 Å². The number of allylic oxidation sites excluding steroid dienone is 1. The van der Waals surface area contributed by atoms with Crippen LogP contribution in [0.4, 0.5) is 0 Å². The van der Waals surface area contributed by atoms with Gasteiger partial charge in [0.25, 0.3) is 0 Å². The number of fused-ring (bicyclic) bond motifs is 2. The summed E-state index contributed by atoms with van der Waals surface area (Å²) >= 11 is 0. The van der Waals surface area contributed by atoms with Gasteiger partial charge in [-0.2, -0.15) is 0 Å². The summed E-state index contributed by atoms with van der Waals surface area (Å²) in [6.07, 6.45) is 8.71. The lowest BCUT2D eigenvalue weighted by molar-refractivity contribution is 0.330. The molecule has 1 heterocycles. The number of piperidine rings is 1. The van der Waals surface area contributed by atoms with E-state index in [1.165, 1.54) is 25.8 Å². The maximum atomic E-state index is 3.50. The Hall–Kier alpha value is -0.300. The van der Waals surface area contributed by atoms with E-state index < -0.39 is 0 Å². The molecule has 0 saturated carbocycles. The first kappa shape index (κ1) is 5.48. The van der Waals surface area contributed by atoms with Crippen molar-refractivity contribution in [1.29, 1.82) is 0 Å². The Balaban J connectivity index is 2.09. The van der Waals surface area contributed by atoms with Gasteiger partial charge in [0.15, 0.2) is 0 Å². The quantitative estimate of drug-likeness (QED) is 0.479. The molecule has 1 nitrogen and oxygen atoms in total. The largest absolute Gasteiger partial charge is 0.314 e. The van der Waals surface area contributed by atoms with Crippen molar-refractivity contribution >= 4 is 0 Å². The van der Waals surface area contributed by atoms with E-state index in [1.807, 2.05) is 0 Å². The Morgan fingerprint density at radius 2 is 2.44 bits per heavy atom. The number of nitrogens with one attached hydrogen (secondary N) is 1. The summed E-state index contributed by atoms with van der Waals surface area (Å²) in [4.78, 5) is 0. The highest BCUT2D eigenvalue weighted by molar-refractivity contribution is 5.01. The van der Waals surface area contributed by atoms with Crippen LogP contribution >= 0.6 is 0 Å². The minimum absolute atomic E-state index is 0.814. The molecule has 2 bridgehead atoms. The topological polar surface area (TPSA) is 12.0 Å². The molecule has 0 aromatic rings. The summed E-state index contributed by atoms with van der Waals surface area (Å²) in [7, 11) is 0. The van der Waals surface area contributed by atoms with Gasteiger partial charge in [-0.05, 0) is 31.7 Å². The van der Waals surface area contributed by atoms with Crippen LogP contribution in [0, 0.1) is 5.92 Å². The molecule has 0 amide bonds. The Kier molecular flexibility index (Phi) is 1.31. The smallest absolute Gasteiger partial charge is 0.0107 e. The molecule has 1 heteroatoms. The highest BCUT2D eigenvalue weighted by Crippen LogP contribution is 2.23. The highest BCUT2D eigenvalue weighted by Gasteiger charge is 2.21. The van der Waals surface area contributed by atoms with E-state index >= 15 is 0 Å². The van der Waals surface area contributed by atoms with Gasteiger partial charge < -0.3 is 5.32 Å². The Morgan fingerprint density at radius 3 is 3.22 bits per heavy atom. The number of hydrogen-bond acceptors (Lipinski definition) is 1. The maximum Gasteiger partial charge on any atom is 0.0107 e. The SMILES string of the molecule is C1=CC2CCNC(C1)C2. The van der Waals surface area contributed by atoms with Gasteiger partial charge in [0.05, 0.1) is 0 Å². The summed E-state index contributed by atoms with van der Waals surface area (Å²) in [6, 6.07) is 0.814. The van der Waals surface area contributed by atoms with Crippen molar-refractivity contribution < 1.29 is 0 Å². The van der Waals surface area contributed by atoms with Crippen molar-refractivity contribution in [2.75, 3.05) is 6.54 Å². The molecular weight excluding hydrogens is 110 g/mol. The second-order valence-electron chi connectivity index (χ2n) is 3.10. The first-order chi connectivity index (χ1) is 4.45. The van der Waals surface area contributed by atoms with Gasteiger partial charge in [0, 0.05) is 6.04 Å². The van der Waals surface area contributed by atoms with Gasteiger partial charge >= 0.3 is 0 Å². The van der Waals surface area contributed by atoms with Crippen molar-refractivity contribution in [3.05, 3.63) is 12.2 Å². The zero-order valence-electron chi connectivity index (χ0n) is 5.64. The average Bonchev–Trinajstić information content (AvgIpc) is 1.88. The van der Waals surface area contributed by atoms with E-state index in [0.29, 0.717) is 0 Å². The molecule has 2 unspecified atom stereocenters. The molecule has 1 saturated heterocycles. The van der Waals surface area contributed by atoms with Gasteiger partial charge in [-0.25, -0.2) is 0 Å². The summed E-state index contributed by atoms with van der Waals surface area (Å²) in [5, 5.41) is 3.50. The van der Waals surface area contributed by atoms with Crippen LogP contribution in [-0.2, 0) is 0 Å². The molecule has 1 fully saturated rings. The molecule has 2 aliphatic rings. The fourth-order valence-electron chi connectivity index (χ4n) is 1.83. The predicted octanol–water partition coefficient (Wildman–Crippen LogP) is 1.31. The minimum Gasteiger partial charge on any atom is -0.314 e. The van der Waals surface area contributed by atoms with Gasteiger partial charge in [0.2, 0.25) is 0 Å². The van der Waals surface area contributed by atoms with Crippen LogP contribution in [0.15, 0.2) is 12.2 Å². The third-order valence-electron chi connectivity index (χ3n) is 2.36. The summed E-state index contributed by atoms with van der Waals surface area (Å²) in [5.41, 5.74) is 0. The number of hydrogen-bond donors (Lipinski definition) is 1. The second-order valence-corrected chi connectivity index (χ2v) is 3.10. The van der Waals surface area contributed by atoms with Crippen molar-refractivity contribution in [1.82, 2.24) is 5.32 Å². The molecule has 0 radical (unpaired) electrons. The van der Waals surface area contributed by atoms with Crippen LogP contribution in [0.2, 0.25) is 0 Å². The van der Waals surface area contributed by atoms with Crippen molar-refractivity contribution in [3.8, 4) is 0 Å². The molecule has 0 aromatic heterocycles. The summed E-state index contributed by atoms with van der Waals surface area (Å²) in [6.45, 7) is 1.24. The predicted molar refractivity (Wildman–Crippen MR) is 38.3 cm³/mol. The monoisotopic (exact) mass is 123 g/mol. The zero-order valence-corrected chi connectivity index (χ0v) is 5.64. The lowest BCUT2D eigenvalue weighted by atomic mass is 9.86. The lowest BCUT2D eigenvalue weighted by Gasteiger charge is -2.31. The van der Waals surface area contributed by atoms with Gasteiger partial charge in [-0.1, -0.05) is 12.2 Å². The Labute approximate surface area is 56.1 Å². The molecule has 1 aliphatic carbocycles. The fourth-order valence-corrected chi connectivity index (χ4v) is 1.83. The average molecular weight is 123 g/mol. The van der Waals surface area contributed by atoms with Crippen LogP contribution < -0.4 is 5.32 Å². The molecule has 2 atom stereocenters. The minimum atomic E-state index is 0.814. The first-order valence-electron chi connectivity index (χ1n) is 3.85. The third kappa shape index (κ3) is 1.01. The number of rotatable bonds is 0. The highest BCUT2D eigenvalue weighted by atomic mass is 14.9. The van der Waals surface area contributed by atoms with E-state index in [4.69, 9.17) is 0 Å². The molecule has 0 aromatic carbocycles. The molecule has 2 rings (SSSR count). The molecule has 50 valence electrons. The molecule has 9 heavy (non-hydrogen) atoms. The van der Waals surface area contributed by atoms with Crippen molar-refractivity contribution in [3.63, 3.8) is 0 Å². The second kappa shape index (κ2) is 2.14. The molecule has 0 spiro atoms. The molecular formula is C8H13N. The van der Waals surface area contributed by atoms with Crippen LogP contribution in [-0.4, -0.2) is 12.6 Å². The van der Waals surface area contributed by atoms with Crippen molar-refractivity contribution in [2.24, 2.45) is 5.92 Å². The fraction of sp³-hybridized carbons (Fsp3) is 0.750. The molecule has 1 N–H and O–H groups in total. The third-order valence-corrected chi connectivity index (χ3v) is 2.36. The normalized spacial score (nSPS) is 40.9. The van der Waals surface area contributed by atoms with Gasteiger partial charge in [-0.15, -0.1) is 0 Å². The lowest BCUT2D eigenvalue weighted by Crippen LogP contribution is -2.38. The van der Waals surface area contributed by atoms with E-state index in [-0.39, 0.29) is 0 Å². The zero-order chi connectivity index (χ0) is 6.10. The maximum absolute atomic E-state index is 3.50. The van der Waals surface area contributed by atoms with E-state index in [2.05, 4.69) is 17.5 Å². The van der Waals surface area contributed by atoms with Crippen LogP contribution in [0.5, 0.6) is 0 Å². The van der Waals surface area contributed by atoms with Crippen LogP contribution in [0.1, 0.15) is 19.3 Å². The van der Waals surface area contributed by atoms with E-state index in [1.54, 1.807) is 0 Å². The van der Waals surface area contributed by atoms with E-state index in [9.17, 15) is 0 Å².